The van der Waals surface area contributed by atoms with Gasteiger partial charge in [-0.05, 0) is 24.3 Å². The Balaban J connectivity index is 2.29. The van der Waals surface area contributed by atoms with Crippen LogP contribution in [0.1, 0.15) is 13.3 Å². The molecule has 2 aromatic carbocycles. The average Bonchev–Trinajstić information content (AvgIpc) is 2.48. The van der Waals surface area contributed by atoms with Gasteiger partial charge in [-0.25, -0.2) is 0 Å². The van der Waals surface area contributed by atoms with Gasteiger partial charge < -0.3 is 10.5 Å². The number of azo groups is 1. The molecule has 2 rings (SSSR count). The lowest BCUT2D eigenvalue weighted by atomic mass is 10.2. The fraction of sp³-hybridized carbons (Fsp3) is 0.133. The van der Waals surface area contributed by atoms with Crippen molar-refractivity contribution in [3.63, 3.8) is 0 Å². The predicted octanol–water partition coefficient (Wildman–Crippen LogP) is 4.00. The van der Waals surface area contributed by atoms with Crippen LogP contribution < -0.4 is 10.5 Å². The molecule has 2 N–H and O–H groups in total. The summed E-state index contributed by atoms with van der Waals surface area (Å²) in [5.74, 6) is -0.113. The van der Waals surface area contributed by atoms with Gasteiger partial charge in [0.25, 0.3) is 0 Å². The second kappa shape index (κ2) is 6.47. The normalized spacial score (nSPS) is 10.7. The number of hydrogen-bond acceptors (Lipinski definition) is 5. The lowest BCUT2D eigenvalue weighted by Crippen LogP contribution is -2.07. The molecular formula is C15H15N3O2. The zero-order valence-electron chi connectivity index (χ0n) is 11.1. The molecule has 102 valence electrons. The molecule has 0 heterocycles. The minimum absolute atomic E-state index is 0.249. The Kier molecular flexibility index (Phi) is 4.44. The van der Waals surface area contributed by atoms with Crippen LogP contribution in [0.25, 0.3) is 0 Å². The summed E-state index contributed by atoms with van der Waals surface area (Å²) in [5.41, 5.74) is 7.31. The highest BCUT2D eigenvalue weighted by Gasteiger charge is 2.11. The van der Waals surface area contributed by atoms with Gasteiger partial charge >= 0.3 is 5.97 Å². The summed E-state index contributed by atoms with van der Waals surface area (Å²) in [4.78, 5) is 11.4. The van der Waals surface area contributed by atoms with Gasteiger partial charge in [-0.3, -0.25) is 4.79 Å². The maximum atomic E-state index is 11.4. The van der Waals surface area contributed by atoms with E-state index in [4.69, 9.17) is 10.5 Å². The fourth-order valence-electron chi connectivity index (χ4n) is 1.52. The zero-order valence-corrected chi connectivity index (χ0v) is 11.1. The number of carbonyl (C=O) groups is 1. The summed E-state index contributed by atoms with van der Waals surface area (Å²) >= 11 is 0. The van der Waals surface area contributed by atoms with E-state index in [2.05, 4.69) is 10.2 Å². The second-order valence-electron chi connectivity index (χ2n) is 4.06. The Morgan fingerprint density at radius 2 is 1.85 bits per heavy atom. The number of anilines is 1. The minimum atomic E-state index is -0.362. The van der Waals surface area contributed by atoms with Crippen molar-refractivity contribution in [2.75, 3.05) is 5.73 Å². The molecule has 20 heavy (non-hydrogen) atoms. The van der Waals surface area contributed by atoms with Crippen molar-refractivity contribution in [3.05, 3.63) is 48.5 Å². The van der Waals surface area contributed by atoms with Crippen molar-refractivity contribution in [1.29, 1.82) is 0 Å². The fourth-order valence-corrected chi connectivity index (χ4v) is 1.52. The van der Waals surface area contributed by atoms with Crippen molar-refractivity contribution in [2.24, 2.45) is 10.2 Å². The van der Waals surface area contributed by atoms with E-state index in [0.717, 1.165) is 0 Å². The van der Waals surface area contributed by atoms with E-state index in [0.29, 0.717) is 17.1 Å². The van der Waals surface area contributed by atoms with Crippen molar-refractivity contribution < 1.29 is 9.53 Å². The zero-order chi connectivity index (χ0) is 14.4. The van der Waals surface area contributed by atoms with E-state index >= 15 is 0 Å². The van der Waals surface area contributed by atoms with Gasteiger partial charge in [-0.2, -0.15) is 5.11 Å². The largest absolute Gasteiger partial charge is 0.422 e. The van der Waals surface area contributed by atoms with E-state index in [9.17, 15) is 4.79 Å². The average molecular weight is 269 g/mol. The molecule has 0 amide bonds. The lowest BCUT2D eigenvalue weighted by molar-refractivity contribution is -0.133. The molecule has 0 aliphatic rings. The maximum Gasteiger partial charge on any atom is 0.311 e. The summed E-state index contributed by atoms with van der Waals surface area (Å²) in [5, 5.41) is 8.18. The van der Waals surface area contributed by atoms with Gasteiger partial charge in [0.2, 0.25) is 0 Å². The smallest absolute Gasteiger partial charge is 0.311 e. The molecule has 0 aliphatic heterocycles. The molecule has 0 spiro atoms. The molecule has 0 saturated heterocycles. The second-order valence-corrected chi connectivity index (χ2v) is 4.06. The van der Waals surface area contributed by atoms with Crippen LogP contribution in [0, 0.1) is 0 Å². The highest BCUT2D eigenvalue weighted by Crippen LogP contribution is 2.34. The predicted molar refractivity (Wildman–Crippen MR) is 77.4 cm³/mol. The third-order valence-corrected chi connectivity index (χ3v) is 2.56. The first kappa shape index (κ1) is 13.7. The van der Waals surface area contributed by atoms with Crippen molar-refractivity contribution in [2.45, 2.75) is 13.3 Å². The molecule has 0 aromatic heterocycles. The quantitative estimate of drug-likeness (QED) is 0.394. The molecule has 5 nitrogen and oxygen atoms in total. The van der Waals surface area contributed by atoms with Gasteiger partial charge in [0.15, 0.2) is 5.75 Å². The van der Waals surface area contributed by atoms with Crippen molar-refractivity contribution in [1.82, 2.24) is 0 Å². The molecule has 5 heteroatoms. The summed E-state index contributed by atoms with van der Waals surface area (Å²) in [7, 11) is 0. The molecule has 0 saturated carbocycles. The van der Waals surface area contributed by atoms with E-state index in [-0.39, 0.29) is 18.1 Å². The molecule has 0 bridgehead atoms. The minimum Gasteiger partial charge on any atom is -0.422 e. The third-order valence-electron chi connectivity index (χ3n) is 2.56. The molecule has 0 aliphatic carbocycles. The monoisotopic (exact) mass is 269 g/mol. The number of nitrogens with two attached hydrogens (primary N) is 1. The SMILES string of the molecule is CCC(=O)Oc1c(N)cccc1N=Nc1ccccc1. The topological polar surface area (TPSA) is 77.0 Å². The number of carbonyl (C=O) groups excluding carboxylic acids is 1. The van der Waals surface area contributed by atoms with Crippen LogP contribution in [0.2, 0.25) is 0 Å². The summed E-state index contributed by atoms with van der Waals surface area (Å²) in [6.07, 6.45) is 0.267. The van der Waals surface area contributed by atoms with Gasteiger partial charge in [-0.15, -0.1) is 5.11 Å². The number of rotatable bonds is 4. The van der Waals surface area contributed by atoms with Crippen LogP contribution in [0.4, 0.5) is 17.1 Å². The standard InChI is InChI=1S/C15H15N3O2/c1-2-14(19)20-15-12(16)9-6-10-13(15)18-17-11-7-4-3-5-8-11/h3-10H,2,16H2,1H3. The Hall–Kier alpha value is -2.69. The highest BCUT2D eigenvalue weighted by atomic mass is 16.5. The lowest BCUT2D eigenvalue weighted by Gasteiger charge is -2.08. The molecule has 0 unspecified atom stereocenters. The Bertz CT molecular complexity index is 624. The van der Waals surface area contributed by atoms with Crippen molar-refractivity contribution >= 4 is 23.0 Å². The molecule has 0 atom stereocenters. The number of ether oxygens (including phenoxy) is 1. The first-order chi connectivity index (χ1) is 9.70. The summed E-state index contributed by atoms with van der Waals surface area (Å²) < 4.78 is 5.20. The number of para-hydroxylation sites is 1. The highest BCUT2D eigenvalue weighted by molar-refractivity contribution is 5.78. The van der Waals surface area contributed by atoms with Crippen LogP contribution in [0.3, 0.4) is 0 Å². The van der Waals surface area contributed by atoms with Gasteiger partial charge in [0.05, 0.1) is 11.4 Å². The Labute approximate surface area is 117 Å². The molecule has 0 fully saturated rings. The number of esters is 1. The number of hydrogen-bond donors (Lipinski definition) is 1. The molecule has 0 radical (unpaired) electrons. The van der Waals surface area contributed by atoms with Crippen LogP contribution in [-0.2, 0) is 4.79 Å². The van der Waals surface area contributed by atoms with E-state index in [1.54, 1.807) is 25.1 Å². The Morgan fingerprint density at radius 1 is 1.10 bits per heavy atom. The van der Waals surface area contributed by atoms with Gasteiger partial charge in [0, 0.05) is 6.42 Å². The van der Waals surface area contributed by atoms with Gasteiger partial charge in [-0.1, -0.05) is 31.2 Å². The third kappa shape index (κ3) is 3.41. The van der Waals surface area contributed by atoms with Crippen LogP contribution in [0.15, 0.2) is 58.8 Å². The summed E-state index contributed by atoms with van der Waals surface area (Å²) in [6.45, 7) is 1.71. The number of benzene rings is 2. The maximum absolute atomic E-state index is 11.4. The van der Waals surface area contributed by atoms with E-state index < -0.39 is 0 Å². The number of nitrogens with zero attached hydrogens (tertiary/aromatic N) is 2. The van der Waals surface area contributed by atoms with Crippen molar-refractivity contribution in [3.8, 4) is 5.75 Å². The summed E-state index contributed by atoms with van der Waals surface area (Å²) in [6, 6.07) is 14.4. The van der Waals surface area contributed by atoms with Crippen LogP contribution >= 0.6 is 0 Å². The van der Waals surface area contributed by atoms with Crippen LogP contribution in [0.5, 0.6) is 5.75 Å². The first-order valence-corrected chi connectivity index (χ1v) is 6.26. The first-order valence-electron chi connectivity index (χ1n) is 6.26. The van der Waals surface area contributed by atoms with E-state index in [1.807, 2.05) is 30.3 Å². The van der Waals surface area contributed by atoms with Gasteiger partial charge in [0.1, 0.15) is 5.69 Å². The Morgan fingerprint density at radius 3 is 2.55 bits per heavy atom. The van der Waals surface area contributed by atoms with E-state index in [1.165, 1.54) is 0 Å². The molecule has 2 aromatic rings. The van der Waals surface area contributed by atoms with Crippen LogP contribution in [-0.4, -0.2) is 5.97 Å². The number of nitrogen functional groups attached to an aromatic ring is 1. The molecular weight excluding hydrogens is 254 g/mol.